The van der Waals surface area contributed by atoms with Crippen LogP contribution < -0.4 is 9.46 Å². The molecule has 0 bridgehead atoms. The molecule has 1 N–H and O–H groups in total. The van der Waals surface area contributed by atoms with Crippen molar-refractivity contribution in [1.29, 1.82) is 0 Å². The van der Waals surface area contributed by atoms with Crippen LogP contribution in [0, 0.1) is 11.6 Å². The maximum absolute atomic E-state index is 13.3. The molecule has 90 valence electrons. The van der Waals surface area contributed by atoms with Crippen molar-refractivity contribution in [2.45, 2.75) is 11.8 Å². The van der Waals surface area contributed by atoms with Gasteiger partial charge in [-0.1, -0.05) is 0 Å². The maximum Gasteiger partial charge on any atom is 0.240 e. The molecule has 0 saturated heterocycles. The second kappa shape index (κ2) is 4.75. The van der Waals surface area contributed by atoms with Crippen LogP contribution in [0.5, 0.6) is 5.75 Å². The van der Waals surface area contributed by atoms with Crippen molar-refractivity contribution in [3.8, 4) is 5.75 Å². The highest BCUT2D eigenvalue weighted by atomic mass is 32.2. The Labute approximate surface area is 92.3 Å². The van der Waals surface area contributed by atoms with Gasteiger partial charge in [0.15, 0.2) is 17.4 Å². The molecule has 0 aliphatic heterocycles. The van der Waals surface area contributed by atoms with Crippen molar-refractivity contribution in [3.63, 3.8) is 0 Å². The molecule has 0 unspecified atom stereocenters. The molecule has 0 spiro atoms. The number of hydrogen-bond donors (Lipinski definition) is 1. The lowest BCUT2D eigenvalue weighted by atomic mass is 10.3. The van der Waals surface area contributed by atoms with E-state index in [9.17, 15) is 17.2 Å². The van der Waals surface area contributed by atoms with Crippen LogP contribution in [0.25, 0.3) is 0 Å². The first-order chi connectivity index (χ1) is 7.42. The third-order valence-corrected chi connectivity index (χ3v) is 3.23. The molecule has 1 rings (SSSR count). The number of nitrogens with one attached hydrogen (secondary N) is 1. The smallest absolute Gasteiger partial charge is 0.240 e. The Morgan fingerprint density at radius 3 is 2.19 bits per heavy atom. The van der Waals surface area contributed by atoms with E-state index in [1.165, 1.54) is 0 Å². The zero-order chi connectivity index (χ0) is 12.3. The van der Waals surface area contributed by atoms with Crippen molar-refractivity contribution < 1.29 is 21.9 Å². The van der Waals surface area contributed by atoms with Crippen molar-refractivity contribution >= 4 is 10.0 Å². The second-order valence-corrected chi connectivity index (χ2v) is 4.74. The third kappa shape index (κ3) is 2.48. The van der Waals surface area contributed by atoms with Gasteiger partial charge in [-0.25, -0.2) is 21.9 Å². The fourth-order valence-electron chi connectivity index (χ4n) is 1.09. The lowest BCUT2D eigenvalue weighted by Gasteiger charge is -2.08. The summed E-state index contributed by atoms with van der Waals surface area (Å²) in [4.78, 5) is -0.478. The van der Waals surface area contributed by atoms with Crippen LogP contribution >= 0.6 is 0 Å². The van der Waals surface area contributed by atoms with Gasteiger partial charge >= 0.3 is 0 Å². The Hall–Kier alpha value is -1.21. The molecule has 0 fully saturated rings. The predicted molar refractivity (Wildman–Crippen MR) is 53.8 cm³/mol. The lowest BCUT2D eigenvalue weighted by molar-refractivity contribution is 0.301. The summed E-state index contributed by atoms with van der Waals surface area (Å²) in [5.74, 6) is -2.66. The zero-order valence-electron chi connectivity index (χ0n) is 8.75. The molecule has 0 heterocycles. The number of halogens is 2. The monoisotopic (exact) mass is 251 g/mol. The summed E-state index contributed by atoms with van der Waals surface area (Å²) < 4.78 is 55.9. The standard InChI is InChI=1S/C9H11F2NO3S/c1-3-15-9-7(10)4-6(5-8(9)11)16(13,14)12-2/h4-5,12H,3H2,1-2H3. The number of ether oxygens (including phenoxy) is 1. The summed E-state index contributed by atoms with van der Waals surface area (Å²) in [7, 11) is -2.71. The van der Waals surface area contributed by atoms with Gasteiger partial charge in [0, 0.05) is 0 Å². The third-order valence-electron chi connectivity index (χ3n) is 1.84. The SMILES string of the molecule is CCOc1c(F)cc(S(=O)(=O)NC)cc1F. The minimum Gasteiger partial charge on any atom is -0.488 e. The topological polar surface area (TPSA) is 55.4 Å². The van der Waals surface area contributed by atoms with Crippen LogP contribution in [-0.4, -0.2) is 22.1 Å². The van der Waals surface area contributed by atoms with E-state index in [0.29, 0.717) is 12.1 Å². The van der Waals surface area contributed by atoms with Crippen LogP contribution in [0.3, 0.4) is 0 Å². The molecule has 0 atom stereocenters. The van der Waals surface area contributed by atoms with Gasteiger partial charge in [0.25, 0.3) is 0 Å². The van der Waals surface area contributed by atoms with Crippen molar-refractivity contribution in [2.24, 2.45) is 0 Å². The molecular weight excluding hydrogens is 240 g/mol. The minimum atomic E-state index is -3.86. The number of rotatable bonds is 4. The Morgan fingerprint density at radius 1 is 1.31 bits per heavy atom. The molecule has 4 nitrogen and oxygen atoms in total. The van der Waals surface area contributed by atoms with Crippen LogP contribution in [0.1, 0.15) is 6.92 Å². The zero-order valence-corrected chi connectivity index (χ0v) is 9.57. The average molecular weight is 251 g/mol. The summed E-state index contributed by atoms with van der Waals surface area (Å²) in [6.07, 6.45) is 0. The largest absolute Gasteiger partial charge is 0.488 e. The molecule has 0 radical (unpaired) electrons. The summed E-state index contributed by atoms with van der Waals surface area (Å²) >= 11 is 0. The average Bonchev–Trinajstić information content (AvgIpc) is 2.23. The van der Waals surface area contributed by atoms with E-state index in [4.69, 9.17) is 4.74 Å². The Balaban J connectivity index is 3.30. The van der Waals surface area contributed by atoms with Crippen molar-refractivity contribution in [3.05, 3.63) is 23.8 Å². The van der Waals surface area contributed by atoms with Gasteiger partial charge in [-0.05, 0) is 26.1 Å². The summed E-state index contributed by atoms with van der Waals surface area (Å²) in [5, 5.41) is 0. The van der Waals surface area contributed by atoms with Gasteiger partial charge in [-0.15, -0.1) is 0 Å². The Bertz CT molecular complexity index is 465. The van der Waals surface area contributed by atoms with Gasteiger partial charge < -0.3 is 4.74 Å². The summed E-state index contributed by atoms with van der Waals surface area (Å²) in [5.41, 5.74) is 0. The first-order valence-electron chi connectivity index (χ1n) is 4.47. The normalized spacial score (nSPS) is 11.5. The fraction of sp³-hybridized carbons (Fsp3) is 0.333. The van der Waals surface area contributed by atoms with E-state index in [-0.39, 0.29) is 6.61 Å². The van der Waals surface area contributed by atoms with Gasteiger partial charge in [0.1, 0.15) is 0 Å². The molecule has 0 aliphatic rings. The number of hydrogen-bond acceptors (Lipinski definition) is 3. The van der Waals surface area contributed by atoms with Crippen LogP contribution in [0.4, 0.5) is 8.78 Å². The van der Waals surface area contributed by atoms with E-state index >= 15 is 0 Å². The number of benzene rings is 1. The van der Waals surface area contributed by atoms with Crippen LogP contribution in [-0.2, 0) is 10.0 Å². The predicted octanol–water partition coefficient (Wildman–Crippen LogP) is 1.27. The van der Waals surface area contributed by atoms with E-state index in [1.54, 1.807) is 6.92 Å². The number of sulfonamides is 1. The van der Waals surface area contributed by atoms with Gasteiger partial charge in [0.2, 0.25) is 10.0 Å². The van der Waals surface area contributed by atoms with E-state index in [2.05, 4.69) is 0 Å². The molecule has 0 saturated carbocycles. The van der Waals surface area contributed by atoms with Gasteiger partial charge in [-0.3, -0.25) is 0 Å². The van der Waals surface area contributed by atoms with E-state index in [1.807, 2.05) is 4.72 Å². The first-order valence-corrected chi connectivity index (χ1v) is 5.96. The molecule has 16 heavy (non-hydrogen) atoms. The van der Waals surface area contributed by atoms with E-state index in [0.717, 1.165) is 7.05 Å². The molecule has 7 heteroatoms. The lowest BCUT2D eigenvalue weighted by Crippen LogP contribution is -2.19. The molecule has 0 aliphatic carbocycles. The summed E-state index contributed by atoms with van der Waals surface area (Å²) in [6.45, 7) is 1.66. The molecule has 1 aromatic rings. The highest BCUT2D eigenvalue weighted by Crippen LogP contribution is 2.25. The molecule has 0 amide bonds. The van der Waals surface area contributed by atoms with Crippen molar-refractivity contribution in [2.75, 3.05) is 13.7 Å². The quantitative estimate of drug-likeness (QED) is 0.876. The fourth-order valence-corrected chi connectivity index (χ4v) is 1.84. The van der Waals surface area contributed by atoms with E-state index < -0.39 is 32.3 Å². The maximum atomic E-state index is 13.3. The molecular formula is C9H11F2NO3S. The van der Waals surface area contributed by atoms with Gasteiger partial charge in [0.05, 0.1) is 11.5 Å². The Morgan fingerprint density at radius 2 is 1.81 bits per heavy atom. The minimum absolute atomic E-state index is 0.0893. The second-order valence-electron chi connectivity index (χ2n) is 2.86. The highest BCUT2D eigenvalue weighted by Gasteiger charge is 2.19. The highest BCUT2D eigenvalue weighted by molar-refractivity contribution is 7.89. The van der Waals surface area contributed by atoms with Gasteiger partial charge in [-0.2, -0.15) is 0 Å². The van der Waals surface area contributed by atoms with Crippen LogP contribution in [0.15, 0.2) is 17.0 Å². The Kier molecular flexibility index (Phi) is 3.82. The van der Waals surface area contributed by atoms with Crippen LogP contribution in [0.2, 0.25) is 0 Å². The van der Waals surface area contributed by atoms with Crippen molar-refractivity contribution in [1.82, 2.24) is 4.72 Å². The molecule has 0 aromatic heterocycles. The first kappa shape index (κ1) is 12.9. The molecule has 1 aromatic carbocycles. The summed E-state index contributed by atoms with van der Waals surface area (Å²) in [6, 6.07) is 1.42.